The van der Waals surface area contributed by atoms with Crippen molar-refractivity contribution in [1.82, 2.24) is 0 Å². The van der Waals surface area contributed by atoms with Crippen molar-refractivity contribution in [3.05, 3.63) is 0 Å². The topological polar surface area (TPSA) is 26.3 Å². The molecule has 0 saturated heterocycles. The lowest BCUT2D eigenvalue weighted by Crippen LogP contribution is -2.20. The molecule has 11 heavy (non-hydrogen) atoms. The fourth-order valence-corrected chi connectivity index (χ4v) is 2.56. The summed E-state index contributed by atoms with van der Waals surface area (Å²) in [7, 11) is -1.69. The first-order valence-electron chi connectivity index (χ1n) is 3.92. The minimum Gasteiger partial charge on any atom is -0.507 e. The van der Waals surface area contributed by atoms with Crippen LogP contribution in [0.3, 0.4) is 0 Å². The van der Waals surface area contributed by atoms with E-state index < -0.39 is 8.35 Å². The van der Waals surface area contributed by atoms with E-state index in [2.05, 4.69) is 0 Å². The van der Waals surface area contributed by atoms with Crippen LogP contribution >= 0.6 is 11.1 Å². The molecule has 0 bridgehead atoms. The summed E-state index contributed by atoms with van der Waals surface area (Å²) in [5.74, 6) is -0.217. The lowest BCUT2D eigenvalue weighted by atomic mass is 10.2. The molecule has 4 heteroatoms. The normalized spacial score (nSPS) is 13.2. The molecule has 0 aliphatic heterocycles. The van der Waals surface area contributed by atoms with Gasteiger partial charge in [0.1, 0.15) is 0 Å². The zero-order valence-electron chi connectivity index (χ0n) is 7.26. The molecule has 0 fully saturated rings. The smallest absolute Gasteiger partial charge is 0.335 e. The molecule has 66 valence electrons. The Kier molecular flexibility index (Phi) is 5.59. The van der Waals surface area contributed by atoms with Crippen LogP contribution in [-0.4, -0.2) is 14.3 Å². The highest BCUT2D eigenvalue weighted by Crippen LogP contribution is 2.06. The van der Waals surface area contributed by atoms with E-state index >= 15 is 0 Å². The van der Waals surface area contributed by atoms with E-state index in [0.29, 0.717) is 0 Å². The molecule has 0 aromatic rings. The van der Waals surface area contributed by atoms with E-state index in [1.54, 1.807) is 0 Å². The number of hydrogen-bond donors (Lipinski definition) is 0. The molecule has 0 saturated carbocycles. The minimum absolute atomic E-state index is 0.0550. The van der Waals surface area contributed by atoms with E-state index in [9.17, 15) is 4.79 Å². The van der Waals surface area contributed by atoms with Crippen molar-refractivity contribution in [2.75, 3.05) is 0 Å². The SMILES string of the molecule is CCC[SiH](Cl)OC(=O)C(C)C. The van der Waals surface area contributed by atoms with Crippen LogP contribution in [-0.2, 0) is 9.22 Å². The van der Waals surface area contributed by atoms with Gasteiger partial charge in [-0.05, 0) is 6.04 Å². The molecule has 0 spiro atoms. The average molecular weight is 195 g/mol. The van der Waals surface area contributed by atoms with Crippen molar-refractivity contribution in [1.29, 1.82) is 0 Å². The highest BCUT2D eigenvalue weighted by atomic mass is 35.6. The van der Waals surface area contributed by atoms with Gasteiger partial charge in [0.05, 0.1) is 0 Å². The number of hydrogen-bond acceptors (Lipinski definition) is 2. The Morgan fingerprint density at radius 1 is 1.64 bits per heavy atom. The van der Waals surface area contributed by atoms with Gasteiger partial charge >= 0.3 is 8.35 Å². The van der Waals surface area contributed by atoms with Crippen molar-refractivity contribution in [2.24, 2.45) is 5.92 Å². The van der Waals surface area contributed by atoms with Crippen molar-refractivity contribution in [2.45, 2.75) is 33.2 Å². The number of carbonyl (C=O) groups is 1. The summed E-state index contributed by atoms with van der Waals surface area (Å²) < 4.78 is 5.02. The molecule has 0 aromatic heterocycles. The zero-order valence-corrected chi connectivity index (χ0v) is 9.17. The third-order valence-corrected chi connectivity index (χ3v) is 3.67. The second-order valence-electron chi connectivity index (χ2n) is 2.79. The van der Waals surface area contributed by atoms with Crippen molar-refractivity contribution < 1.29 is 9.22 Å². The van der Waals surface area contributed by atoms with E-state index in [1.807, 2.05) is 20.8 Å². The average Bonchev–Trinajstić information content (AvgIpc) is 1.87. The monoisotopic (exact) mass is 194 g/mol. The molecule has 0 rings (SSSR count). The summed E-state index contributed by atoms with van der Waals surface area (Å²) in [6.07, 6.45) is 0.992. The molecular weight excluding hydrogens is 180 g/mol. The summed E-state index contributed by atoms with van der Waals surface area (Å²) >= 11 is 5.82. The molecule has 1 unspecified atom stereocenters. The Balaban J connectivity index is 3.57. The van der Waals surface area contributed by atoms with Crippen molar-refractivity contribution >= 4 is 25.4 Å². The molecule has 0 heterocycles. The standard InChI is InChI=1S/C7H15ClO2Si/c1-4-5-11(8)10-7(9)6(2)3/h6,11H,4-5H2,1-3H3. The molecule has 0 aliphatic carbocycles. The molecule has 1 atom stereocenters. The van der Waals surface area contributed by atoms with Gasteiger partial charge in [0, 0.05) is 5.92 Å². The van der Waals surface area contributed by atoms with Crippen LogP contribution in [0.2, 0.25) is 6.04 Å². The molecule has 2 nitrogen and oxygen atoms in total. The number of halogens is 1. The Hall–Kier alpha value is -0.0231. The predicted molar refractivity (Wildman–Crippen MR) is 49.0 cm³/mol. The van der Waals surface area contributed by atoms with Crippen LogP contribution < -0.4 is 0 Å². The van der Waals surface area contributed by atoms with Gasteiger partial charge in [-0.2, -0.15) is 0 Å². The highest BCUT2D eigenvalue weighted by molar-refractivity contribution is 7.03. The van der Waals surface area contributed by atoms with Gasteiger partial charge in [-0.15, -0.1) is 11.1 Å². The first-order valence-corrected chi connectivity index (χ1v) is 6.95. The Bertz CT molecular complexity index is 128. The van der Waals surface area contributed by atoms with Crippen molar-refractivity contribution in [3.63, 3.8) is 0 Å². The van der Waals surface area contributed by atoms with Gasteiger partial charge < -0.3 is 4.43 Å². The summed E-state index contributed by atoms with van der Waals surface area (Å²) in [5, 5.41) is 0. The third-order valence-electron chi connectivity index (χ3n) is 1.23. The van der Waals surface area contributed by atoms with E-state index in [4.69, 9.17) is 15.5 Å². The molecule has 0 aliphatic rings. The summed E-state index contributed by atoms with van der Waals surface area (Å²) in [4.78, 5) is 11.0. The minimum atomic E-state index is -1.69. The summed E-state index contributed by atoms with van der Waals surface area (Å²) in [5.41, 5.74) is 0. The predicted octanol–water partition coefficient (Wildman–Crippen LogP) is 2.05. The first kappa shape index (κ1) is 11.0. The van der Waals surface area contributed by atoms with Gasteiger partial charge in [0.25, 0.3) is 5.97 Å². The second kappa shape index (κ2) is 5.60. The van der Waals surface area contributed by atoms with Crippen LogP contribution in [0.4, 0.5) is 0 Å². The fourth-order valence-electron chi connectivity index (χ4n) is 0.548. The largest absolute Gasteiger partial charge is 0.507 e. The lowest BCUT2D eigenvalue weighted by Gasteiger charge is -2.10. The molecule has 0 radical (unpaired) electrons. The van der Waals surface area contributed by atoms with Gasteiger partial charge in [-0.3, -0.25) is 4.79 Å². The van der Waals surface area contributed by atoms with Gasteiger partial charge in [-0.25, -0.2) is 0 Å². The first-order chi connectivity index (χ1) is 5.07. The maximum atomic E-state index is 11.0. The van der Waals surface area contributed by atoms with Crippen LogP contribution in [0, 0.1) is 5.92 Å². The lowest BCUT2D eigenvalue weighted by molar-refractivity contribution is -0.137. The molecule has 0 N–H and O–H groups in total. The number of rotatable bonds is 4. The summed E-state index contributed by atoms with van der Waals surface area (Å²) in [6.45, 7) is 5.66. The van der Waals surface area contributed by atoms with Gasteiger partial charge in [0.15, 0.2) is 0 Å². The van der Waals surface area contributed by atoms with Gasteiger partial charge in [0.2, 0.25) is 0 Å². The Morgan fingerprint density at radius 2 is 2.18 bits per heavy atom. The third kappa shape index (κ3) is 5.27. The maximum Gasteiger partial charge on any atom is 0.335 e. The van der Waals surface area contributed by atoms with Crippen molar-refractivity contribution in [3.8, 4) is 0 Å². The second-order valence-corrected chi connectivity index (χ2v) is 5.88. The Labute approximate surface area is 74.3 Å². The van der Waals surface area contributed by atoms with Crippen LogP contribution in [0.15, 0.2) is 0 Å². The Morgan fingerprint density at radius 3 is 2.55 bits per heavy atom. The van der Waals surface area contributed by atoms with Crippen LogP contribution in [0.25, 0.3) is 0 Å². The van der Waals surface area contributed by atoms with E-state index in [0.717, 1.165) is 12.5 Å². The zero-order chi connectivity index (χ0) is 8.85. The molecular formula is C7H15ClO2Si. The van der Waals surface area contributed by atoms with E-state index in [-0.39, 0.29) is 11.9 Å². The van der Waals surface area contributed by atoms with E-state index in [1.165, 1.54) is 0 Å². The highest BCUT2D eigenvalue weighted by Gasteiger charge is 2.15. The maximum absolute atomic E-state index is 11.0. The summed E-state index contributed by atoms with van der Waals surface area (Å²) in [6, 6.07) is 0.861. The quantitative estimate of drug-likeness (QED) is 0.506. The van der Waals surface area contributed by atoms with Crippen LogP contribution in [0.1, 0.15) is 27.2 Å². The van der Waals surface area contributed by atoms with Crippen LogP contribution in [0.5, 0.6) is 0 Å². The van der Waals surface area contributed by atoms with Gasteiger partial charge in [-0.1, -0.05) is 27.2 Å². The molecule has 0 amide bonds. The molecule has 0 aromatic carbocycles. The fraction of sp³-hybridized carbons (Fsp3) is 0.857. The number of carbonyl (C=O) groups excluding carboxylic acids is 1.